The fourth-order valence-corrected chi connectivity index (χ4v) is 1.77. The molecule has 7 heteroatoms. The normalized spacial score (nSPS) is 10.1. The summed E-state index contributed by atoms with van der Waals surface area (Å²) in [6.07, 6.45) is 1.66. The van der Waals surface area contributed by atoms with E-state index >= 15 is 0 Å². The SMILES string of the molecule is COc1cc(NCc2ccc(Cl)nc2)ccc1[N+](=O)[O-]. The third-order valence-corrected chi connectivity index (χ3v) is 2.89. The molecule has 0 aliphatic rings. The number of ether oxygens (including phenoxy) is 1. The quantitative estimate of drug-likeness (QED) is 0.520. The molecule has 1 heterocycles. The minimum absolute atomic E-state index is 0.0637. The summed E-state index contributed by atoms with van der Waals surface area (Å²) in [5.41, 5.74) is 1.61. The number of methoxy groups -OCH3 is 1. The van der Waals surface area contributed by atoms with Crippen molar-refractivity contribution in [3.63, 3.8) is 0 Å². The Labute approximate surface area is 120 Å². The van der Waals surface area contributed by atoms with Gasteiger partial charge in [-0.2, -0.15) is 0 Å². The van der Waals surface area contributed by atoms with Gasteiger partial charge in [-0.15, -0.1) is 0 Å². The number of nitrogens with one attached hydrogen (secondary N) is 1. The highest BCUT2D eigenvalue weighted by atomic mass is 35.5. The fraction of sp³-hybridized carbons (Fsp3) is 0.154. The van der Waals surface area contributed by atoms with E-state index < -0.39 is 4.92 Å². The molecule has 0 saturated carbocycles. The number of pyridine rings is 1. The van der Waals surface area contributed by atoms with Gasteiger partial charge in [0.2, 0.25) is 0 Å². The van der Waals surface area contributed by atoms with Gasteiger partial charge < -0.3 is 10.1 Å². The molecular formula is C13H12ClN3O3. The minimum atomic E-state index is -0.480. The summed E-state index contributed by atoms with van der Waals surface area (Å²) in [5, 5.41) is 14.4. The first-order chi connectivity index (χ1) is 9.60. The first-order valence-corrected chi connectivity index (χ1v) is 6.14. The molecule has 0 aliphatic carbocycles. The average molecular weight is 294 g/mol. The van der Waals surface area contributed by atoms with Gasteiger partial charge in [-0.05, 0) is 17.7 Å². The number of hydrogen-bond donors (Lipinski definition) is 1. The molecule has 20 heavy (non-hydrogen) atoms. The molecule has 1 aromatic carbocycles. The monoisotopic (exact) mass is 293 g/mol. The van der Waals surface area contributed by atoms with E-state index in [0.717, 1.165) is 11.3 Å². The van der Waals surface area contributed by atoms with Gasteiger partial charge >= 0.3 is 5.69 Å². The lowest BCUT2D eigenvalue weighted by Crippen LogP contribution is -2.01. The van der Waals surface area contributed by atoms with E-state index in [1.165, 1.54) is 13.2 Å². The van der Waals surface area contributed by atoms with Crippen LogP contribution in [-0.4, -0.2) is 17.0 Å². The van der Waals surface area contributed by atoms with Crippen molar-refractivity contribution in [1.82, 2.24) is 4.98 Å². The second-order valence-electron chi connectivity index (χ2n) is 3.99. The lowest BCUT2D eigenvalue weighted by atomic mass is 10.2. The van der Waals surface area contributed by atoms with Crippen LogP contribution in [0.1, 0.15) is 5.56 Å². The number of nitro groups is 1. The average Bonchev–Trinajstić information content (AvgIpc) is 2.46. The highest BCUT2D eigenvalue weighted by Gasteiger charge is 2.14. The standard InChI is InChI=1S/C13H12ClN3O3/c1-20-12-6-10(3-4-11(12)17(18)19)15-7-9-2-5-13(14)16-8-9/h2-6,8,15H,7H2,1H3. The Kier molecular flexibility index (Phi) is 4.37. The maximum absolute atomic E-state index is 10.8. The number of benzene rings is 1. The van der Waals surface area contributed by atoms with Crippen LogP contribution in [0.3, 0.4) is 0 Å². The summed E-state index contributed by atoms with van der Waals surface area (Å²) in [5.74, 6) is 0.217. The van der Waals surface area contributed by atoms with Crippen LogP contribution < -0.4 is 10.1 Å². The van der Waals surface area contributed by atoms with E-state index in [2.05, 4.69) is 10.3 Å². The largest absolute Gasteiger partial charge is 0.490 e. The van der Waals surface area contributed by atoms with Crippen molar-refractivity contribution in [3.8, 4) is 5.75 Å². The number of anilines is 1. The molecule has 1 aromatic heterocycles. The molecule has 2 aromatic rings. The molecule has 0 spiro atoms. The van der Waals surface area contributed by atoms with Gasteiger partial charge in [0.1, 0.15) is 5.15 Å². The molecule has 6 nitrogen and oxygen atoms in total. The Balaban J connectivity index is 2.10. The lowest BCUT2D eigenvalue weighted by Gasteiger charge is -2.08. The minimum Gasteiger partial charge on any atom is -0.490 e. The summed E-state index contributed by atoms with van der Waals surface area (Å²) < 4.78 is 5.00. The van der Waals surface area contributed by atoms with Crippen molar-refractivity contribution in [1.29, 1.82) is 0 Å². The second kappa shape index (κ2) is 6.21. The highest BCUT2D eigenvalue weighted by Crippen LogP contribution is 2.29. The van der Waals surface area contributed by atoms with Crippen LogP contribution in [0.5, 0.6) is 5.75 Å². The topological polar surface area (TPSA) is 77.3 Å². The molecular weight excluding hydrogens is 282 g/mol. The van der Waals surface area contributed by atoms with Crippen LogP contribution in [0.25, 0.3) is 0 Å². The molecule has 0 aliphatic heterocycles. The first kappa shape index (κ1) is 14.1. The summed E-state index contributed by atoms with van der Waals surface area (Å²) in [7, 11) is 1.40. The van der Waals surface area contributed by atoms with E-state index in [4.69, 9.17) is 16.3 Å². The fourth-order valence-electron chi connectivity index (χ4n) is 1.65. The Morgan fingerprint density at radius 3 is 2.80 bits per heavy atom. The predicted molar refractivity (Wildman–Crippen MR) is 76.2 cm³/mol. The van der Waals surface area contributed by atoms with Crippen molar-refractivity contribution in [2.24, 2.45) is 0 Å². The first-order valence-electron chi connectivity index (χ1n) is 5.77. The molecule has 2 rings (SSSR count). The summed E-state index contributed by atoms with van der Waals surface area (Å²) in [6, 6.07) is 8.17. The van der Waals surface area contributed by atoms with Gasteiger partial charge in [-0.25, -0.2) is 4.98 Å². The van der Waals surface area contributed by atoms with Gasteiger partial charge in [-0.1, -0.05) is 17.7 Å². The summed E-state index contributed by atoms with van der Waals surface area (Å²) in [6.45, 7) is 0.533. The number of nitro benzene ring substituents is 1. The zero-order valence-corrected chi connectivity index (χ0v) is 11.4. The number of nitrogens with zero attached hydrogens (tertiary/aromatic N) is 2. The third-order valence-electron chi connectivity index (χ3n) is 2.66. The Morgan fingerprint density at radius 1 is 1.40 bits per heavy atom. The van der Waals surface area contributed by atoms with Crippen molar-refractivity contribution in [3.05, 3.63) is 57.4 Å². The van der Waals surface area contributed by atoms with Gasteiger partial charge in [0, 0.05) is 30.6 Å². The van der Waals surface area contributed by atoms with Crippen LogP contribution >= 0.6 is 11.6 Å². The van der Waals surface area contributed by atoms with Gasteiger partial charge in [-0.3, -0.25) is 10.1 Å². The maximum atomic E-state index is 10.8. The van der Waals surface area contributed by atoms with Crippen molar-refractivity contribution in [2.45, 2.75) is 6.54 Å². The van der Waals surface area contributed by atoms with E-state index in [-0.39, 0.29) is 11.4 Å². The Morgan fingerprint density at radius 2 is 2.20 bits per heavy atom. The lowest BCUT2D eigenvalue weighted by molar-refractivity contribution is -0.385. The van der Waals surface area contributed by atoms with E-state index in [1.54, 1.807) is 24.4 Å². The van der Waals surface area contributed by atoms with E-state index in [9.17, 15) is 10.1 Å². The third kappa shape index (κ3) is 3.36. The summed E-state index contributed by atoms with van der Waals surface area (Å²) in [4.78, 5) is 14.3. The van der Waals surface area contributed by atoms with Crippen LogP contribution in [0.15, 0.2) is 36.5 Å². The molecule has 0 unspecified atom stereocenters. The molecule has 0 radical (unpaired) electrons. The smallest absolute Gasteiger partial charge is 0.311 e. The van der Waals surface area contributed by atoms with Gasteiger partial charge in [0.15, 0.2) is 5.75 Å². The van der Waals surface area contributed by atoms with Crippen molar-refractivity contribution >= 4 is 23.0 Å². The van der Waals surface area contributed by atoms with E-state index in [0.29, 0.717) is 11.7 Å². The number of aromatic nitrogens is 1. The van der Waals surface area contributed by atoms with Crippen molar-refractivity contribution < 1.29 is 9.66 Å². The molecule has 0 fully saturated rings. The van der Waals surface area contributed by atoms with Gasteiger partial charge in [0.25, 0.3) is 0 Å². The maximum Gasteiger partial charge on any atom is 0.311 e. The molecule has 0 amide bonds. The van der Waals surface area contributed by atoms with Crippen LogP contribution in [0, 0.1) is 10.1 Å². The molecule has 1 N–H and O–H groups in total. The zero-order chi connectivity index (χ0) is 14.5. The van der Waals surface area contributed by atoms with Crippen LogP contribution in [0.2, 0.25) is 5.15 Å². The van der Waals surface area contributed by atoms with Crippen molar-refractivity contribution in [2.75, 3.05) is 12.4 Å². The predicted octanol–water partition coefficient (Wildman–Crippen LogP) is 3.26. The van der Waals surface area contributed by atoms with Crippen LogP contribution in [-0.2, 0) is 6.54 Å². The van der Waals surface area contributed by atoms with E-state index in [1.807, 2.05) is 6.07 Å². The number of halogens is 1. The summed E-state index contributed by atoms with van der Waals surface area (Å²) >= 11 is 5.70. The molecule has 0 saturated heterocycles. The molecule has 0 atom stereocenters. The second-order valence-corrected chi connectivity index (χ2v) is 4.37. The van der Waals surface area contributed by atoms with Gasteiger partial charge in [0.05, 0.1) is 12.0 Å². The zero-order valence-electron chi connectivity index (χ0n) is 10.7. The number of hydrogen-bond acceptors (Lipinski definition) is 5. The Hall–Kier alpha value is -2.34. The number of rotatable bonds is 5. The molecule has 104 valence electrons. The Bertz CT molecular complexity index is 617. The highest BCUT2D eigenvalue weighted by molar-refractivity contribution is 6.29. The van der Waals surface area contributed by atoms with Crippen LogP contribution in [0.4, 0.5) is 11.4 Å². The molecule has 0 bridgehead atoms.